The van der Waals surface area contributed by atoms with Crippen molar-refractivity contribution in [2.45, 2.75) is 20.8 Å². The van der Waals surface area contributed by atoms with Gasteiger partial charge in [0.15, 0.2) is 11.3 Å². The number of aryl methyl sites for hydroxylation is 2. The fraction of sp³-hybridized carbons (Fsp3) is 0.238. The van der Waals surface area contributed by atoms with Crippen molar-refractivity contribution < 1.29 is 19.4 Å². The van der Waals surface area contributed by atoms with Crippen LogP contribution in [0.4, 0.5) is 17.1 Å². The second-order valence-electron chi connectivity index (χ2n) is 6.78. The smallest absolute Gasteiger partial charge is 0.345 e. The minimum atomic E-state index is -1.40. The molecule has 0 aliphatic carbocycles. The number of Topliss-reactive ketones (excluding diaryl/α,β-unsaturated/α-hetero) is 1. The van der Waals surface area contributed by atoms with Crippen LogP contribution in [0.25, 0.3) is 0 Å². The predicted molar refractivity (Wildman–Crippen MR) is 108 cm³/mol. The highest BCUT2D eigenvalue weighted by atomic mass is 16.5. The van der Waals surface area contributed by atoms with E-state index < -0.39 is 22.0 Å². The van der Waals surface area contributed by atoms with E-state index in [0.29, 0.717) is 11.3 Å². The van der Waals surface area contributed by atoms with E-state index in [9.17, 15) is 19.9 Å². The van der Waals surface area contributed by atoms with Crippen molar-refractivity contribution >= 4 is 28.8 Å². The molecule has 1 unspecified atom stereocenters. The van der Waals surface area contributed by atoms with Crippen LogP contribution in [0.1, 0.15) is 28.4 Å². The number of carboxylic acid groups (broad SMARTS) is 1. The third kappa shape index (κ3) is 3.26. The quantitative estimate of drug-likeness (QED) is 0.460. The molecule has 7 heteroatoms. The van der Waals surface area contributed by atoms with Crippen LogP contribution < -0.4 is 14.7 Å². The van der Waals surface area contributed by atoms with Crippen LogP contribution in [0.15, 0.2) is 42.1 Å². The zero-order valence-corrected chi connectivity index (χ0v) is 16.2. The number of rotatable bonds is 5. The highest BCUT2D eigenvalue weighted by Crippen LogP contribution is 2.40. The van der Waals surface area contributed by atoms with Gasteiger partial charge in [-0.05, 0) is 56.7 Å². The number of anilines is 2. The Morgan fingerprint density at radius 1 is 1.21 bits per heavy atom. The first-order chi connectivity index (χ1) is 13.2. The molecule has 2 aromatic carbocycles. The lowest BCUT2D eigenvalue weighted by atomic mass is 9.94. The number of aliphatic carboxylic acids is 1. The second kappa shape index (κ2) is 7.10. The van der Waals surface area contributed by atoms with Gasteiger partial charge in [0.25, 0.3) is 0 Å². The van der Waals surface area contributed by atoms with Crippen LogP contribution in [0.2, 0.25) is 0 Å². The van der Waals surface area contributed by atoms with E-state index in [4.69, 9.17) is 4.74 Å². The number of fused-ring (bicyclic) bond motifs is 1. The van der Waals surface area contributed by atoms with Gasteiger partial charge >= 0.3 is 5.97 Å². The fourth-order valence-electron chi connectivity index (χ4n) is 3.46. The first-order valence-corrected chi connectivity index (χ1v) is 8.86. The minimum absolute atomic E-state index is 0.0856. The number of hydrogen-bond donors (Lipinski definition) is 2. The molecule has 2 aromatic rings. The van der Waals surface area contributed by atoms with Gasteiger partial charge in [0.2, 0.25) is 5.78 Å². The van der Waals surface area contributed by atoms with Gasteiger partial charge < -0.3 is 25.0 Å². The molecule has 2 N–H and O–H groups in total. The number of ether oxygens (including phenoxy) is 1. The number of carbonyl (C=O) groups excluding carboxylic acids is 1. The number of carbonyl (C=O) groups is 2. The molecule has 0 fully saturated rings. The summed E-state index contributed by atoms with van der Waals surface area (Å²) in [5.74, 6) is -1.32. The van der Waals surface area contributed by atoms with Crippen molar-refractivity contribution in [3.63, 3.8) is 0 Å². The van der Waals surface area contributed by atoms with Gasteiger partial charge in [0.1, 0.15) is 11.9 Å². The van der Waals surface area contributed by atoms with Crippen LogP contribution in [-0.2, 0) is 4.79 Å². The molecular weight excluding hydrogens is 360 g/mol. The summed E-state index contributed by atoms with van der Waals surface area (Å²) < 4.78 is 4.23. The van der Waals surface area contributed by atoms with Gasteiger partial charge in [-0.3, -0.25) is 4.79 Å². The summed E-state index contributed by atoms with van der Waals surface area (Å²) in [6.07, 6.45) is 0.987. The zero-order chi connectivity index (χ0) is 20.6. The number of nitrogens with one attached hydrogen (secondary N) is 1. The van der Waals surface area contributed by atoms with Crippen LogP contribution in [0, 0.1) is 19.1 Å². The van der Waals surface area contributed by atoms with Crippen LogP contribution in [0.5, 0.6) is 5.75 Å². The van der Waals surface area contributed by atoms with Crippen molar-refractivity contribution in [1.82, 2.24) is 4.65 Å². The van der Waals surface area contributed by atoms with E-state index in [0.717, 1.165) is 23.2 Å². The topological polar surface area (TPSA) is 98.7 Å². The van der Waals surface area contributed by atoms with Gasteiger partial charge in [-0.25, -0.2) is 4.79 Å². The molecule has 0 amide bonds. The molecule has 1 aliphatic rings. The molecule has 0 bridgehead atoms. The lowest BCUT2D eigenvalue weighted by molar-refractivity contribution is -0.132. The lowest BCUT2D eigenvalue weighted by Gasteiger charge is -2.42. The Hall–Kier alpha value is -3.16. The van der Waals surface area contributed by atoms with Gasteiger partial charge in [0, 0.05) is 16.9 Å². The molecular formula is C21H22N2O5. The molecule has 0 saturated heterocycles. The highest BCUT2D eigenvalue weighted by molar-refractivity contribution is 6.27. The van der Waals surface area contributed by atoms with Crippen molar-refractivity contribution in [3.05, 3.63) is 64.0 Å². The molecule has 1 aliphatic heterocycles. The largest absolute Gasteiger partial charge is 0.622 e. The zero-order valence-electron chi connectivity index (χ0n) is 16.2. The monoisotopic (exact) mass is 382 g/mol. The van der Waals surface area contributed by atoms with Gasteiger partial charge in [0.05, 0.1) is 19.2 Å². The van der Waals surface area contributed by atoms with Crippen LogP contribution in [0.3, 0.4) is 0 Å². The lowest BCUT2D eigenvalue weighted by Crippen LogP contribution is -2.43. The van der Waals surface area contributed by atoms with E-state index in [-0.39, 0.29) is 17.8 Å². The Bertz CT molecular complexity index is 1010. The average Bonchev–Trinajstić information content (AvgIpc) is 2.65. The molecule has 7 nitrogen and oxygen atoms in total. The highest BCUT2D eigenvalue weighted by Gasteiger charge is 2.37. The number of hydrogen-bond acceptors (Lipinski definition) is 5. The summed E-state index contributed by atoms with van der Waals surface area (Å²) in [4.78, 5) is 24.2. The number of hydroxylamine groups is 2. The number of carboxylic acids is 1. The van der Waals surface area contributed by atoms with Crippen LogP contribution in [-0.4, -0.2) is 30.5 Å². The molecule has 1 heterocycles. The van der Waals surface area contributed by atoms with Crippen molar-refractivity contribution in [3.8, 4) is 5.75 Å². The SMILES string of the molecule is CC[N+]1([O-])C=C(C(=O)O)C(=O)c2cc(Nc3ccc(OC)cc3C)cc(C)c21. The normalized spacial score (nSPS) is 18.3. The van der Waals surface area contributed by atoms with E-state index in [2.05, 4.69) is 5.32 Å². The number of methoxy groups -OCH3 is 1. The van der Waals surface area contributed by atoms with Gasteiger partial charge in [-0.1, -0.05) is 0 Å². The summed E-state index contributed by atoms with van der Waals surface area (Å²) in [6, 6.07) is 8.88. The van der Waals surface area contributed by atoms with Crippen molar-refractivity contribution in [2.24, 2.45) is 0 Å². The Kier molecular flexibility index (Phi) is 4.97. The van der Waals surface area contributed by atoms with E-state index in [1.165, 1.54) is 0 Å². The van der Waals surface area contributed by atoms with E-state index in [1.54, 1.807) is 33.1 Å². The summed E-state index contributed by atoms with van der Waals surface area (Å²) in [7, 11) is 1.59. The predicted octanol–water partition coefficient (Wildman–Crippen LogP) is 4.05. The maximum absolute atomic E-state index is 13.2. The Morgan fingerprint density at radius 2 is 1.93 bits per heavy atom. The third-order valence-corrected chi connectivity index (χ3v) is 4.92. The average molecular weight is 382 g/mol. The second-order valence-corrected chi connectivity index (χ2v) is 6.78. The number of quaternary nitrogens is 1. The van der Waals surface area contributed by atoms with Crippen LogP contribution >= 0.6 is 0 Å². The third-order valence-electron chi connectivity index (χ3n) is 4.92. The van der Waals surface area contributed by atoms with Crippen molar-refractivity contribution in [2.75, 3.05) is 19.0 Å². The number of ketones is 1. The standard InChI is InChI=1S/C21H22N2O5/c1-5-23(27)11-17(21(25)26)20(24)16-10-14(8-13(3)19(16)23)22-18-7-6-15(28-4)9-12(18)2/h6-11,22H,5H2,1-4H3,(H,25,26). The molecule has 1 atom stereocenters. The summed E-state index contributed by atoms with van der Waals surface area (Å²) in [6.45, 7) is 5.42. The first kappa shape index (κ1) is 19.6. The Balaban J connectivity index is 2.10. The summed E-state index contributed by atoms with van der Waals surface area (Å²) in [5, 5.41) is 25.8. The molecule has 146 valence electrons. The molecule has 0 radical (unpaired) electrons. The Labute approximate surface area is 163 Å². The Morgan fingerprint density at radius 3 is 2.50 bits per heavy atom. The first-order valence-electron chi connectivity index (χ1n) is 8.86. The molecule has 28 heavy (non-hydrogen) atoms. The molecule has 0 spiro atoms. The molecule has 3 rings (SSSR count). The van der Waals surface area contributed by atoms with Crippen molar-refractivity contribution in [1.29, 1.82) is 0 Å². The maximum atomic E-state index is 13.2. The maximum Gasteiger partial charge on any atom is 0.345 e. The summed E-state index contributed by atoms with van der Waals surface area (Å²) in [5.41, 5.74) is 2.89. The fourth-order valence-corrected chi connectivity index (χ4v) is 3.46. The number of benzene rings is 2. The molecule has 0 aromatic heterocycles. The van der Waals surface area contributed by atoms with Gasteiger partial charge in [-0.2, -0.15) is 0 Å². The summed E-state index contributed by atoms with van der Waals surface area (Å²) >= 11 is 0. The van der Waals surface area contributed by atoms with Gasteiger partial charge in [-0.15, -0.1) is 0 Å². The minimum Gasteiger partial charge on any atom is -0.622 e. The number of nitrogens with zero attached hydrogens (tertiary/aromatic N) is 1. The molecule has 0 saturated carbocycles. The van der Waals surface area contributed by atoms with E-state index >= 15 is 0 Å². The van der Waals surface area contributed by atoms with E-state index in [1.807, 2.05) is 25.1 Å².